The number of likely N-dealkylation sites (tertiary alicyclic amines) is 1. The van der Waals surface area contributed by atoms with Gasteiger partial charge >= 0.3 is 12.1 Å². The summed E-state index contributed by atoms with van der Waals surface area (Å²) in [6.07, 6.45) is 1.01. The number of pyridine rings is 1. The van der Waals surface area contributed by atoms with Crippen LogP contribution in [0.25, 0.3) is 0 Å². The highest BCUT2D eigenvalue weighted by molar-refractivity contribution is 5.87. The van der Waals surface area contributed by atoms with Gasteiger partial charge in [0.25, 0.3) is 0 Å². The standard InChI is InChI=1S/C29H34F3N3O4/c30-29(31,32)23-15-22-18-35(12-7-25(22)33-17-23)27(39)28(9-13-36)8-4-24(16-28)34-10-5-19(6-11-34)20-2-1-3-21(14-20)26(37)38/h1-3,14-15,17,19,24,36H,4-13,16,18H2,(H,37,38)/t24-,28-/m1/s1. The third-order valence-corrected chi connectivity index (χ3v) is 8.93. The summed E-state index contributed by atoms with van der Waals surface area (Å²) in [5, 5.41) is 19.2. The van der Waals surface area contributed by atoms with Crippen LogP contribution in [0.3, 0.4) is 0 Å². The number of amides is 1. The second kappa shape index (κ2) is 10.9. The minimum atomic E-state index is -4.49. The Bertz CT molecular complexity index is 1230. The quantitative estimate of drug-likeness (QED) is 0.556. The van der Waals surface area contributed by atoms with Gasteiger partial charge in [0.1, 0.15) is 0 Å². The molecule has 1 amide bonds. The van der Waals surface area contributed by atoms with E-state index < -0.39 is 23.1 Å². The number of aliphatic hydroxyl groups excluding tert-OH is 1. The van der Waals surface area contributed by atoms with E-state index in [4.69, 9.17) is 0 Å². The molecule has 2 atom stereocenters. The van der Waals surface area contributed by atoms with E-state index in [-0.39, 0.29) is 31.0 Å². The molecule has 1 saturated heterocycles. The van der Waals surface area contributed by atoms with Gasteiger partial charge in [-0.05, 0) is 86.9 Å². The number of fused-ring (bicyclic) bond motifs is 1. The Morgan fingerprint density at radius 1 is 1.10 bits per heavy atom. The lowest BCUT2D eigenvalue weighted by Gasteiger charge is -2.39. The van der Waals surface area contributed by atoms with Crippen LogP contribution in [0, 0.1) is 5.41 Å². The van der Waals surface area contributed by atoms with E-state index in [1.807, 2.05) is 6.07 Å². The molecule has 1 aromatic carbocycles. The van der Waals surface area contributed by atoms with Gasteiger partial charge in [0.05, 0.1) is 16.5 Å². The van der Waals surface area contributed by atoms with Crippen LogP contribution >= 0.6 is 0 Å². The Kier molecular flexibility index (Phi) is 7.70. The normalized spacial score (nSPS) is 24.5. The number of carbonyl (C=O) groups excluding carboxylic acids is 1. The molecule has 1 aromatic heterocycles. The maximum absolute atomic E-state index is 13.9. The number of carboxylic acids is 1. The molecule has 2 aromatic rings. The Morgan fingerprint density at radius 2 is 1.87 bits per heavy atom. The van der Waals surface area contributed by atoms with Crippen LogP contribution in [0.5, 0.6) is 0 Å². The lowest BCUT2D eigenvalue weighted by Crippen LogP contribution is -2.47. The Balaban J connectivity index is 1.24. The van der Waals surface area contributed by atoms with Crippen LogP contribution < -0.4 is 0 Å². The average molecular weight is 546 g/mol. The van der Waals surface area contributed by atoms with E-state index in [1.165, 1.54) is 0 Å². The van der Waals surface area contributed by atoms with E-state index in [9.17, 15) is 33.0 Å². The van der Waals surface area contributed by atoms with Gasteiger partial charge in [0, 0.05) is 44.0 Å². The average Bonchev–Trinajstić information content (AvgIpc) is 3.37. The molecule has 1 aliphatic carbocycles. The molecule has 10 heteroatoms. The maximum Gasteiger partial charge on any atom is 0.417 e. The van der Waals surface area contributed by atoms with E-state index in [2.05, 4.69) is 9.88 Å². The zero-order valence-electron chi connectivity index (χ0n) is 21.8. The molecule has 0 bridgehead atoms. The second-order valence-electron chi connectivity index (χ2n) is 11.2. The van der Waals surface area contributed by atoms with Gasteiger partial charge in [-0.25, -0.2) is 4.79 Å². The zero-order valence-corrected chi connectivity index (χ0v) is 21.8. The molecular formula is C29H34F3N3O4. The first-order valence-electron chi connectivity index (χ1n) is 13.6. The van der Waals surface area contributed by atoms with Gasteiger partial charge < -0.3 is 20.0 Å². The Hall–Kier alpha value is -2.98. The van der Waals surface area contributed by atoms with Crippen molar-refractivity contribution < 1.29 is 33.0 Å². The highest BCUT2D eigenvalue weighted by Gasteiger charge is 2.48. The van der Waals surface area contributed by atoms with Crippen LogP contribution in [0.2, 0.25) is 0 Å². The number of carboxylic acid groups (broad SMARTS) is 1. The van der Waals surface area contributed by atoms with Gasteiger partial charge in [-0.3, -0.25) is 9.78 Å². The summed E-state index contributed by atoms with van der Waals surface area (Å²) in [5.41, 5.74) is 0.845. The lowest BCUT2D eigenvalue weighted by atomic mass is 9.80. The largest absolute Gasteiger partial charge is 0.478 e. The minimum Gasteiger partial charge on any atom is -0.478 e. The number of hydrogen-bond acceptors (Lipinski definition) is 5. The second-order valence-corrected chi connectivity index (χ2v) is 11.2. The molecule has 210 valence electrons. The lowest BCUT2D eigenvalue weighted by molar-refractivity contribution is -0.144. The Labute approximate surface area is 225 Å². The number of carbonyl (C=O) groups is 2. The Morgan fingerprint density at radius 3 is 2.56 bits per heavy atom. The third kappa shape index (κ3) is 5.68. The molecule has 3 aliphatic rings. The summed E-state index contributed by atoms with van der Waals surface area (Å²) < 4.78 is 39.7. The smallest absolute Gasteiger partial charge is 0.417 e. The summed E-state index contributed by atoms with van der Waals surface area (Å²) in [5.74, 6) is -0.726. The van der Waals surface area contributed by atoms with Crippen molar-refractivity contribution in [2.45, 2.75) is 69.6 Å². The minimum absolute atomic E-state index is 0.0810. The number of piperidine rings is 1. The molecule has 0 spiro atoms. The predicted octanol–water partition coefficient (Wildman–Crippen LogP) is 4.48. The molecule has 0 unspecified atom stereocenters. The zero-order chi connectivity index (χ0) is 27.8. The van der Waals surface area contributed by atoms with Crippen LogP contribution in [-0.4, -0.2) is 69.2 Å². The van der Waals surface area contributed by atoms with Gasteiger partial charge in [0.15, 0.2) is 0 Å². The summed E-state index contributed by atoms with van der Waals surface area (Å²) in [6.45, 7) is 2.08. The molecule has 5 rings (SSSR count). The fourth-order valence-electron chi connectivity index (χ4n) is 6.77. The highest BCUT2D eigenvalue weighted by atomic mass is 19.4. The molecule has 39 heavy (non-hydrogen) atoms. The van der Waals surface area contributed by atoms with Gasteiger partial charge in [-0.15, -0.1) is 0 Å². The van der Waals surface area contributed by atoms with E-state index in [0.717, 1.165) is 50.2 Å². The molecule has 2 aliphatic heterocycles. The molecule has 2 fully saturated rings. The van der Waals surface area contributed by atoms with E-state index in [1.54, 1.807) is 23.1 Å². The summed E-state index contributed by atoms with van der Waals surface area (Å²) >= 11 is 0. The number of aromatic nitrogens is 1. The van der Waals surface area contributed by atoms with Crippen molar-refractivity contribution >= 4 is 11.9 Å². The maximum atomic E-state index is 13.9. The third-order valence-electron chi connectivity index (χ3n) is 8.93. The van der Waals surface area contributed by atoms with Crippen molar-refractivity contribution in [3.8, 4) is 0 Å². The number of hydrogen-bond donors (Lipinski definition) is 2. The van der Waals surface area contributed by atoms with Gasteiger partial charge in [0.2, 0.25) is 5.91 Å². The van der Waals surface area contributed by atoms with Crippen molar-refractivity contribution in [3.63, 3.8) is 0 Å². The topological polar surface area (TPSA) is 94.0 Å². The van der Waals surface area contributed by atoms with Crippen molar-refractivity contribution in [1.82, 2.24) is 14.8 Å². The highest BCUT2D eigenvalue weighted by Crippen LogP contribution is 2.46. The van der Waals surface area contributed by atoms with Crippen molar-refractivity contribution in [2.75, 3.05) is 26.2 Å². The number of rotatable bonds is 6. The number of aliphatic hydroxyl groups is 1. The van der Waals surface area contributed by atoms with Crippen LogP contribution in [0.15, 0.2) is 36.5 Å². The number of benzene rings is 1. The molecular weight excluding hydrogens is 511 g/mol. The summed E-state index contributed by atoms with van der Waals surface area (Å²) in [7, 11) is 0. The van der Waals surface area contributed by atoms with Gasteiger partial charge in [-0.2, -0.15) is 13.2 Å². The summed E-state index contributed by atoms with van der Waals surface area (Å²) in [4.78, 5) is 33.3. The van der Waals surface area contributed by atoms with E-state index in [0.29, 0.717) is 49.0 Å². The van der Waals surface area contributed by atoms with Crippen LogP contribution in [0.4, 0.5) is 13.2 Å². The van der Waals surface area contributed by atoms with Gasteiger partial charge in [-0.1, -0.05) is 12.1 Å². The monoisotopic (exact) mass is 545 g/mol. The first-order chi connectivity index (χ1) is 18.6. The summed E-state index contributed by atoms with van der Waals surface area (Å²) in [6, 6.07) is 8.43. The predicted molar refractivity (Wildman–Crippen MR) is 137 cm³/mol. The fourth-order valence-corrected chi connectivity index (χ4v) is 6.77. The molecule has 1 saturated carbocycles. The first-order valence-corrected chi connectivity index (χ1v) is 13.6. The molecule has 0 radical (unpaired) electrons. The SMILES string of the molecule is O=C(O)c1cccc(C2CCN([C@@H]3CC[C@](CCO)(C(=O)N4CCc5ncc(C(F)(F)F)cc5C4)C3)CC2)c1. The molecule has 7 nitrogen and oxygen atoms in total. The van der Waals surface area contributed by atoms with Crippen molar-refractivity contribution in [2.24, 2.45) is 5.41 Å². The number of aromatic carboxylic acids is 1. The number of alkyl halides is 3. The first kappa shape index (κ1) is 27.6. The fraction of sp³-hybridized carbons (Fsp3) is 0.552. The molecule has 2 N–H and O–H groups in total. The van der Waals surface area contributed by atoms with E-state index >= 15 is 0 Å². The van der Waals surface area contributed by atoms with Crippen molar-refractivity contribution in [1.29, 1.82) is 0 Å². The van der Waals surface area contributed by atoms with Crippen LogP contribution in [0.1, 0.15) is 77.2 Å². The number of halogens is 3. The van der Waals surface area contributed by atoms with Crippen LogP contribution in [-0.2, 0) is 23.9 Å². The van der Waals surface area contributed by atoms with Crippen molar-refractivity contribution in [3.05, 3.63) is 64.5 Å². The molecule has 3 heterocycles. The number of nitrogens with zero attached hydrogens (tertiary/aromatic N) is 3.